The van der Waals surface area contributed by atoms with Crippen LogP contribution in [0.15, 0.2) is 30.3 Å². The first-order valence-corrected chi connectivity index (χ1v) is 8.36. The summed E-state index contributed by atoms with van der Waals surface area (Å²) in [5.74, 6) is 3.50. The van der Waals surface area contributed by atoms with Gasteiger partial charge in [-0.15, -0.1) is 0 Å². The number of rotatable bonds is 5. The van der Waals surface area contributed by atoms with Crippen molar-refractivity contribution in [2.24, 2.45) is 5.41 Å². The zero-order valence-electron chi connectivity index (χ0n) is 10.4. The van der Waals surface area contributed by atoms with Crippen LogP contribution >= 0.6 is 24.4 Å². The molecule has 1 aliphatic rings. The summed E-state index contributed by atoms with van der Waals surface area (Å²) in [4.78, 5) is 0. The lowest BCUT2D eigenvalue weighted by atomic mass is 9.77. The van der Waals surface area contributed by atoms with Crippen LogP contribution in [0, 0.1) is 5.41 Å². The Balaban J connectivity index is 1.80. The molecular formula is C15H22S2. The van der Waals surface area contributed by atoms with Gasteiger partial charge in [-0.05, 0) is 29.6 Å². The van der Waals surface area contributed by atoms with E-state index in [4.69, 9.17) is 0 Å². The molecule has 0 saturated heterocycles. The van der Waals surface area contributed by atoms with Crippen molar-refractivity contribution in [3.63, 3.8) is 0 Å². The third-order valence-electron chi connectivity index (χ3n) is 3.77. The molecule has 0 amide bonds. The predicted molar refractivity (Wildman–Crippen MR) is 82.0 cm³/mol. The van der Waals surface area contributed by atoms with E-state index in [-0.39, 0.29) is 0 Å². The van der Waals surface area contributed by atoms with E-state index >= 15 is 0 Å². The minimum absolute atomic E-state index is 0.529. The number of hydrogen-bond donors (Lipinski definition) is 1. The maximum absolute atomic E-state index is 4.60. The van der Waals surface area contributed by atoms with E-state index in [2.05, 4.69) is 54.7 Å². The van der Waals surface area contributed by atoms with Gasteiger partial charge in [0.2, 0.25) is 0 Å². The average Bonchev–Trinajstić information content (AvgIpc) is 2.41. The summed E-state index contributed by atoms with van der Waals surface area (Å²) in [5.41, 5.74) is 1.98. The van der Waals surface area contributed by atoms with Crippen LogP contribution < -0.4 is 0 Å². The minimum atomic E-state index is 0.529. The normalized spacial score (nSPS) is 19.1. The molecule has 0 spiro atoms. The van der Waals surface area contributed by atoms with Crippen LogP contribution in [0.2, 0.25) is 0 Å². The summed E-state index contributed by atoms with van der Waals surface area (Å²) in [6.45, 7) is 0. The second-order valence-electron chi connectivity index (χ2n) is 5.20. The molecule has 1 fully saturated rings. The Morgan fingerprint density at radius 1 is 1.06 bits per heavy atom. The van der Waals surface area contributed by atoms with Gasteiger partial charge in [0.05, 0.1) is 0 Å². The average molecular weight is 266 g/mol. The summed E-state index contributed by atoms with van der Waals surface area (Å²) in [5, 5.41) is 0. The molecule has 1 aromatic rings. The first-order valence-electron chi connectivity index (χ1n) is 6.57. The lowest BCUT2D eigenvalue weighted by molar-refractivity contribution is 0.259. The molecule has 2 heteroatoms. The molecule has 0 atom stereocenters. The smallest absolute Gasteiger partial charge is 0.0184 e. The molecular weight excluding hydrogens is 244 g/mol. The molecule has 0 nitrogen and oxygen atoms in total. The first kappa shape index (κ1) is 13.4. The first-order chi connectivity index (χ1) is 8.35. The van der Waals surface area contributed by atoms with Gasteiger partial charge >= 0.3 is 0 Å². The molecule has 2 rings (SSSR count). The molecule has 0 heterocycles. The lowest BCUT2D eigenvalue weighted by Gasteiger charge is -2.35. The van der Waals surface area contributed by atoms with Crippen LogP contribution in [0.25, 0.3) is 0 Å². The van der Waals surface area contributed by atoms with Gasteiger partial charge in [0, 0.05) is 11.5 Å². The van der Waals surface area contributed by atoms with Crippen molar-refractivity contribution in [1.29, 1.82) is 0 Å². The fourth-order valence-corrected chi connectivity index (χ4v) is 4.54. The summed E-state index contributed by atoms with van der Waals surface area (Å²) in [6.07, 6.45) is 7.02. The molecule has 0 aromatic heterocycles. The minimum Gasteiger partial charge on any atom is -0.179 e. The quantitative estimate of drug-likeness (QED) is 0.747. The van der Waals surface area contributed by atoms with Gasteiger partial charge in [-0.25, -0.2) is 0 Å². The van der Waals surface area contributed by atoms with E-state index in [0.29, 0.717) is 5.41 Å². The van der Waals surface area contributed by atoms with Gasteiger partial charge in [0.25, 0.3) is 0 Å². The number of benzene rings is 1. The highest BCUT2D eigenvalue weighted by Gasteiger charge is 2.30. The van der Waals surface area contributed by atoms with Crippen molar-refractivity contribution >= 4 is 24.4 Å². The zero-order chi connectivity index (χ0) is 12.0. The van der Waals surface area contributed by atoms with E-state index in [1.807, 2.05) is 0 Å². The molecule has 0 radical (unpaired) electrons. The molecule has 1 aliphatic carbocycles. The van der Waals surface area contributed by atoms with Gasteiger partial charge in [-0.2, -0.15) is 24.4 Å². The molecule has 0 aliphatic heterocycles. The van der Waals surface area contributed by atoms with E-state index in [9.17, 15) is 0 Å². The van der Waals surface area contributed by atoms with Crippen molar-refractivity contribution < 1.29 is 0 Å². The fourth-order valence-electron chi connectivity index (χ4n) is 2.61. The monoisotopic (exact) mass is 266 g/mol. The van der Waals surface area contributed by atoms with Crippen LogP contribution in [0.5, 0.6) is 0 Å². The van der Waals surface area contributed by atoms with Crippen LogP contribution in [-0.4, -0.2) is 11.5 Å². The van der Waals surface area contributed by atoms with Gasteiger partial charge in [0.1, 0.15) is 0 Å². The number of thiol groups is 1. The van der Waals surface area contributed by atoms with Crippen molar-refractivity contribution in [2.75, 3.05) is 11.5 Å². The molecule has 0 bridgehead atoms. The Kier molecular flexibility index (Phi) is 5.30. The molecule has 1 aromatic carbocycles. The van der Waals surface area contributed by atoms with Crippen LogP contribution in [0.4, 0.5) is 0 Å². The second-order valence-corrected chi connectivity index (χ2v) is 6.50. The Hall–Kier alpha value is -0.0800. The largest absolute Gasteiger partial charge is 0.179 e. The summed E-state index contributed by atoms with van der Waals surface area (Å²) >= 11 is 6.68. The number of thioether (sulfide) groups is 1. The SMILES string of the molecule is SCC1(CSCc2ccccc2)CCCCC1. The maximum Gasteiger partial charge on any atom is 0.0184 e. The van der Waals surface area contributed by atoms with Crippen molar-refractivity contribution in [1.82, 2.24) is 0 Å². The second kappa shape index (κ2) is 6.75. The molecule has 17 heavy (non-hydrogen) atoms. The van der Waals surface area contributed by atoms with E-state index in [0.717, 1.165) is 11.5 Å². The Morgan fingerprint density at radius 2 is 1.76 bits per heavy atom. The third kappa shape index (κ3) is 3.96. The predicted octanol–water partition coefficient (Wildman–Crippen LogP) is 4.80. The fraction of sp³-hybridized carbons (Fsp3) is 0.600. The van der Waals surface area contributed by atoms with Crippen molar-refractivity contribution in [2.45, 2.75) is 37.9 Å². The standard InChI is InChI=1S/C15H22S2/c16-12-15(9-5-2-6-10-15)13-17-11-14-7-3-1-4-8-14/h1,3-4,7-8,16H,2,5-6,9-13H2. The van der Waals surface area contributed by atoms with E-state index in [1.54, 1.807) is 0 Å². The summed E-state index contributed by atoms with van der Waals surface area (Å²) < 4.78 is 0. The van der Waals surface area contributed by atoms with Crippen LogP contribution in [0.3, 0.4) is 0 Å². The highest BCUT2D eigenvalue weighted by molar-refractivity contribution is 7.98. The topological polar surface area (TPSA) is 0 Å². The Bertz CT molecular complexity index is 315. The van der Waals surface area contributed by atoms with Gasteiger partial charge < -0.3 is 0 Å². The highest BCUT2D eigenvalue weighted by Crippen LogP contribution is 2.40. The maximum atomic E-state index is 4.60. The molecule has 0 N–H and O–H groups in total. The van der Waals surface area contributed by atoms with Gasteiger partial charge in [0.15, 0.2) is 0 Å². The molecule has 1 saturated carbocycles. The van der Waals surface area contributed by atoms with Crippen molar-refractivity contribution in [3.05, 3.63) is 35.9 Å². The Morgan fingerprint density at radius 3 is 2.41 bits per heavy atom. The third-order valence-corrected chi connectivity index (χ3v) is 5.79. The summed E-state index contributed by atoms with van der Waals surface area (Å²) in [7, 11) is 0. The van der Waals surface area contributed by atoms with Gasteiger partial charge in [-0.3, -0.25) is 0 Å². The molecule has 94 valence electrons. The lowest BCUT2D eigenvalue weighted by Crippen LogP contribution is -2.28. The number of hydrogen-bond acceptors (Lipinski definition) is 2. The van der Waals surface area contributed by atoms with E-state index < -0.39 is 0 Å². The van der Waals surface area contributed by atoms with Crippen LogP contribution in [0.1, 0.15) is 37.7 Å². The van der Waals surface area contributed by atoms with E-state index in [1.165, 1.54) is 43.4 Å². The highest BCUT2D eigenvalue weighted by atomic mass is 32.2. The summed E-state index contributed by atoms with van der Waals surface area (Å²) in [6, 6.07) is 10.8. The Labute approximate surface area is 115 Å². The van der Waals surface area contributed by atoms with Crippen molar-refractivity contribution in [3.8, 4) is 0 Å². The molecule has 0 unspecified atom stereocenters. The zero-order valence-corrected chi connectivity index (χ0v) is 12.1. The van der Waals surface area contributed by atoms with Gasteiger partial charge in [-0.1, -0.05) is 49.6 Å². The van der Waals surface area contributed by atoms with Crippen LogP contribution in [-0.2, 0) is 5.75 Å².